The second-order valence-electron chi connectivity index (χ2n) is 8.54. The first-order valence-electron chi connectivity index (χ1n) is 11.7. The maximum Gasteiger partial charge on any atom is 0.305 e. The number of rotatable bonds is 10. The number of methoxy groups -OCH3 is 1. The largest absolute Gasteiger partial charge is 0.497 e. The topological polar surface area (TPSA) is 130 Å². The second-order valence-corrected chi connectivity index (χ2v) is 10.1. The van der Waals surface area contributed by atoms with Gasteiger partial charge in [0.25, 0.3) is 5.91 Å². The Hall–Kier alpha value is -3.63. The molecule has 0 saturated carbocycles. The normalized spacial score (nSPS) is 14.2. The van der Waals surface area contributed by atoms with Gasteiger partial charge in [-0.2, -0.15) is 0 Å². The van der Waals surface area contributed by atoms with Gasteiger partial charge in [0.15, 0.2) is 0 Å². The first-order valence-corrected chi connectivity index (χ1v) is 13.3. The van der Waals surface area contributed by atoms with E-state index in [0.717, 1.165) is 42.3 Å². The van der Waals surface area contributed by atoms with Crippen LogP contribution in [-0.2, 0) is 30.9 Å². The summed E-state index contributed by atoms with van der Waals surface area (Å²) >= 11 is 0. The quantitative estimate of drug-likeness (QED) is 0.241. The molecule has 0 spiro atoms. The highest BCUT2D eigenvalue weighted by molar-refractivity contribution is 7.89. The summed E-state index contributed by atoms with van der Waals surface area (Å²) in [6.07, 6.45) is 6.63. The third-order valence-corrected chi connectivity index (χ3v) is 7.02. The van der Waals surface area contributed by atoms with Crippen molar-refractivity contribution in [2.45, 2.75) is 44.0 Å². The Morgan fingerprint density at radius 3 is 2.67 bits per heavy atom. The first kappa shape index (κ1) is 25.5. The van der Waals surface area contributed by atoms with Crippen LogP contribution in [0.1, 0.15) is 43.7 Å². The zero-order chi connectivity index (χ0) is 25.9. The number of benzene rings is 2. The molecule has 1 aromatic heterocycles. The van der Waals surface area contributed by atoms with Crippen LogP contribution in [0.3, 0.4) is 0 Å². The van der Waals surface area contributed by atoms with Gasteiger partial charge in [0.2, 0.25) is 10.0 Å². The molecule has 0 radical (unpaired) electrons. The highest BCUT2D eigenvalue weighted by Gasteiger charge is 2.26. The van der Waals surface area contributed by atoms with Crippen molar-refractivity contribution in [1.29, 1.82) is 0 Å². The lowest BCUT2D eigenvalue weighted by Crippen LogP contribution is -2.12. The highest BCUT2D eigenvalue weighted by Crippen LogP contribution is 2.36. The second kappa shape index (κ2) is 10.5. The summed E-state index contributed by atoms with van der Waals surface area (Å²) in [6.45, 7) is 2.92. The molecule has 1 amide bonds. The van der Waals surface area contributed by atoms with Crippen LogP contribution in [0.2, 0.25) is 0 Å². The minimum absolute atomic E-state index is 0.0597. The number of anilines is 1. The van der Waals surface area contributed by atoms with Crippen LogP contribution < -0.4 is 15.2 Å². The lowest BCUT2D eigenvalue weighted by molar-refractivity contribution is -0.143. The molecule has 3 aromatic rings. The van der Waals surface area contributed by atoms with E-state index >= 15 is 0 Å². The molecular weight excluding hydrogens is 482 g/mol. The van der Waals surface area contributed by atoms with Gasteiger partial charge < -0.3 is 19.4 Å². The van der Waals surface area contributed by atoms with E-state index in [4.69, 9.17) is 14.6 Å². The van der Waals surface area contributed by atoms with Crippen LogP contribution in [0.4, 0.5) is 5.69 Å². The molecule has 0 aliphatic carbocycles. The predicted molar refractivity (Wildman–Crippen MR) is 138 cm³/mol. The number of carbonyl (C=O) groups is 2. The summed E-state index contributed by atoms with van der Waals surface area (Å²) < 4.78 is 36.2. The van der Waals surface area contributed by atoms with Gasteiger partial charge in [-0.1, -0.05) is 6.42 Å². The monoisotopic (exact) mass is 511 g/mol. The maximum atomic E-state index is 12.8. The van der Waals surface area contributed by atoms with Gasteiger partial charge in [-0.05, 0) is 62.2 Å². The van der Waals surface area contributed by atoms with Crippen molar-refractivity contribution in [1.82, 2.24) is 4.57 Å². The number of unbranched alkanes of at least 4 members (excludes halogenated alkanes) is 2. The number of ether oxygens (including phenoxy) is 2. The molecular formula is C26H29N3O6S. The van der Waals surface area contributed by atoms with Gasteiger partial charge in [0, 0.05) is 52.5 Å². The van der Waals surface area contributed by atoms with Crippen molar-refractivity contribution in [2.75, 3.05) is 19.0 Å². The van der Waals surface area contributed by atoms with Gasteiger partial charge in [-0.3, -0.25) is 9.59 Å². The number of aromatic nitrogens is 1. The lowest BCUT2D eigenvalue weighted by atomic mass is 10.0. The van der Waals surface area contributed by atoms with E-state index in [2.05, 4.69) is 9.88 Å². The third kappa shape index (κ3) is 5.44. The van der Waals surface area contributed by atoms with E-state index < -0.39 is 10.0 Å². The number of aryl methyl sites for hydroxylation is 1. The Morgan fingerprint density at radius 1 is 1.14 bits per heavy atom. The van der Waals surface area contributed by atoms with Crippen molar-refractivity contribution in [3.8, 4) is 5.75 Å². The van der Waals surface area contributed by atoms with Crippen molar-refractivity contribution >= 4 is 50.1 Å². The van der Waals surface area contributed by atoms with E-state index in [1.807, 2.05) is 24.4 Å². The van der Waals surface area contributed by atoms with Crippen LogP contribution in [0.5, 0.6) is 5.75 Å². The van der Waals surface area contributed by atoms with Gasteiger partial charge in [-0.25, -0.2) is 13.6 Å². The smallest absolute Gasteiger partial charge is 0.305 e. The number of nitrogens with one attached hydrogen (secondary N) is 1. The summed E-state index contributed by atoms with van der Waals surface area (Å²) in [5.74, 6) is 0.187. The number of sulfonamides is 1. The molecule has 9 nitrogen and oxygen atoms in total. The Kier molecular flexibility index (Phi) is 7.46. The predicted octanol–water partition coefficient (Wildman–Crippen LogP) is 3.91. The molecule has 1 aliphatic rings. The van der Waals surface area contributed by atoms with Crippen LogP contribution >= 0.6 is 0 Å². The van der Waals surface area contributed by atoms with Gasteiger partial charge in [0.05, 0.1) is 18.6 Å². The molecule has 10 heteroatoms. The molecule has 0 unspecified atom stereocenters. The minimum Gasteiger partial charge on any atom is -0.497 e. The number of carbonyl (C=O) groups excluding carboxylic acids is 2. The lowest BCUT2D eigenvalue weighted by Gasteiger charge is -2.06. The molecule has 3 N–H and O–H groups in total. The van der Waals surface area contributed by atoms with Crippen LogP contribution in [0.25, 0.3) is 22.6 Å². The average molecular weight is 512 g/mol. The summed E-state index contributed by atoms with van der Waals surface area (Å²) in [7, 11) is -2.32. The maximum absolute atomic E-state index is 12.8. The Labute approximate surface area is 209 Å². The number of esters is 1. The number of nitrogens with two attached hydrogens (primary N) is 1. The molecule has 190 valence electrons. The SMILES string of the molecule is CCOC(=O)CCCCCn1cc(/C=C2/C(=O)Nc3ccc(S(N)(=O)=O)cc32)c2cc(OC)ccc21. The Morgan fingerprint density at radius 2 is 1.94 bits per heavy atom. The van der Waals surface area contributed by atoms with Crippen molar-refractivity contribution < 1.29 is 27.5 Å². The molecule has 4 rings (SSSR count). The molecule has 1 aliphatic heterocycles. The molecule has 0 bridgehead atoms. The summed E-state index contributed by atoms with van der Waals surface area (Å²) in [5, 5.41) is 8.98. The van der Waals surface area contributed by atoms with Crippen LogP contribution in [0.15, 0.2) is 47.5 Å². The standard InChI is InChI=1S/C26H29N3O6S/c1-3-35-25(30)7-5-4-6-12-29-16-17(20-14-18(34-2)8-11-24(20)29)13-22-21-15-19(36(27,32)33)9-10-23(21)28-26(22)31/h8-11,13-16H,3-7,12H2,1-2H3,(H,28,31)(H2,27,32,33)/b22-13+. The van der Waals surface area contributed by atoms with Gasteiger partial charge in [0.1, 0.15) is 5.75 Å². The Bertz CT molecular complexity index is 1460. The number of amides is 1. The molecule has 2 heterocycles. The zero-order valence-electron chi connectivity index (χ0n) is 20.2. The van der Waals surface area contributed by atoms with E-state index in [1.165, 1.54) is 18.2 Å². The molecule has 0 saturated heterocycles. The van der Waals surface area contributed by atoms with Gasteiger partial charge >= 0.3 is 5.97 Å². The van der Waals surface area contributed by atoms with E-state index in [9.17, 15) is 18.0 Å². The minimum atomic E-state index is -3.92. The Balaban J connectivity index is 1.65. The summed E-state index contributed by atoms with van der Waals surface area (Å²) in [5.41, 5.74) is 3.14. The fourth-order valence-electron chi connectivity index (χ4n) is 4.34. The number of hydrogen-bond donors (Lipinski definition) is 2. The van der Waals surface area contributed by atoms with Crippen LogP contribution in [-0.4, -0.2) is 38.6 Å². The van der Waals surface area contributed by atoms with Crippen molar-refractivity contribution in [3.63, 3.8) is 0 Å². The number of fused-ring (bicyclic) bond motifs is 2. The number of primary sulfonamides is 1. The average Bonchev–Trinajstić information content (AvgIpc) is 3.34. The van der Waals surface area contributed by atoms with E-state index in [1.54, 1.807) is 20.1 Å². The number of hydrogen-bond acceptors (Lipinski definition) is 6. The molecule has 36 heavy (non-hydrogen) atoms. The summed E-state index contributed by atoms with van der Waals surface area (Å²) in [4.78, 5) is 24.3. The highest BCUT2D eigenvalue weighted by atomic mass is 32.2. The molecule has 0 atom stereocenters. The third-order valence-electron chi connectivity index (χ3n) is 6.11. The van der Waals surface area contributed by atoms with Gasteiger partial charge in [-0.15, -0.1) is 0 Å². The van der Waals surface area contributed by atoms with E-state index in [0.29, 0.717) is 35.6 Å². The van der Waals surface area contributed by atoms with Crippen LogP contribution in [0, 0.1) is 0 Å². The first-order chi connectivity index (χ1) is 17.2. The van der Waals surface area contributed by atoms with Crippen molar-refractivity contribution in [2.24, 2.45) is 5.14 Å². The molecule has 2 aromatic carbocycles. The molecule has 0 fully saturated rings. The zero-order valence-corrected chi connectivity index (χ0v) is 21.1. The van der Waals surface area contributed by atoms with E-state index in [-0.39, 0.29) is 16.8 Å². The van der Waals surface area contributed by atoms with Crippen molar-refractivity contribution in [3.05, 3.63) is 53.7 Å². The summed E-state index contributed by atoms with van der Waals surface area (Å²) in [6, 6.07) is 10.1. The number of nitrogens with zero attached hydrogens (tertiary/aromatic N) is 1. The fraction of sp³-hybridized carbons (Fsp3) is 0.308. The fourth-order valence-corrected chi connectivity index (χ4v) is 4.87.